The molecule has 0 aliphatic heterocycles. The van der Waals surface area contributed by atoms with Crippen molar-refractivity contribution >= 4 is 34.2 Å². The van der Waals surface area contributed by atoms with Crippen LogP contribution < -0.4 is 16.0 Å². The number of fused-ring (bicyclic) bond motifs is 3. The highest BCUT2D eigenvalue weighted by atomic mass is 16.5. The van der Waals surface area contributed by atoms with Crippen molar-refractivity contribution in [2.75, 3.05) is 5.73 Å². The molecule has 51 heavy (non-hydrogen) atoms. The van der Waals surface area contributed by atoms with E-state index >= 15 is 0 Å². The van der Waals surface area contributed by atoms with Gasteiger partial charge in [-0.25, -0.2) is 24.6 Å². The summed E-state index contributed by atoms with van der Waals surface area (Å²) < 4.78 is 11.3. The fourth-order valence-corrected chi connectivity index (χ4v) is 6.87. The molecule has 1 atom stereocenters. The lowest BCUT2D eigenvalue weighted by molar-refractivity contribution is 0.111. The zero-order valence-electron chi connectivity index (χ0n) is 27.1. The Kier molecular flexibility index (Phi) is 7.20. The van der Waals surface area contributed by atoms with E-state index in [0.29, 0.717) is 75.7 Å². The van der Waals surface area contributed by atoms with E-state index in [0.717, 1.165) is 28.8 Å². The van der Waals surface area contributed by atoms with Crippen LogP contribution in [0.4, 0.5) is 5.82 Å². The Labute approximate surface area is 290 Å². The number of ether oxygens (including phenoxy) is 1. The van der Waals surface area contributed by atoms with Crippen molar-refractivity contribution < 1.29 is 9.53 Å². The predicted molar refractivity (Wildman–Crippen MR) is 192 cm³/mol. The molecule has 2 N–H and O–H groups in total. The number of carbonyl (C=O) groups is 1. The Morgan fingerprint density at radius 3 is 2.63 bits per heavy atom. The normalized spacial score (nSPS) is 13.8. The summed E-state index contributed by atoms with van der Waals surface area (Å²) in [5.41, 5.74) is 12.9. The van der Waals surface area contributed by atoms with Crippen LogP contribution in [0.3, 0.4) is 0 Å². The average molecular weight is 672 g/mol. The number of imidazole rings is 1. The number of hydrogen-bond acceptors (Lipinski definition) is 9. The van der Waals surface area contributed by atoms with Gasteiger partial charge in [-0.2, -0.15) is 5.10 Å². The van der Waals surface area contributed by atoms with E-state index in [-0.39, 0.29) is 11.6 Å². The Bertz CT molecular complexity index is 2670. The monoisotopic (exact) mass is 671 g/mol. The van der Waals surface area contributed by atoms with Gasteiger partial charge < -0.3 is 10.5 Å². The van der Waals surface area contributed by atoms with Gasteiger partial charge in [0.05, 0.1) is 34.4 Å². The molecule has 9 rings (SSSR count). The maximum Gasteiger partial charge on any atom is 0.261 e. The molecule has 248 valence electrons. The number of hydrogen-bond donors (Lipinski definition) is 1. The number of nitrogens with zero attached hydrogens (tertiary/aromatic N) is 8. The van der Waals surface area contributed by atoms with Crippen molar-refractivity contribution in [2.24, 2.45) is 0 Å². The van der Waals surface area contributed by atoms with Gasteiger partial charge in [-0.3, -0.25) is 18.7 Å². The van der Waals surface area contributed by atoms with Crippen LogP contribution in [-0.4, -0.2) is 45.1 Å². The van der Waals surface area contributed by atoms with Crippen LogP contribution in [0.5, 0.6) is 5.75 Å². The van der Waals surface area contributed by atoms with Crippen LogP contribution >= 0.6 is 0 Å². The van der Waals surface area contributed by atoms with E-state index in [4.69, 9.17) is 20.4 Å². The Morgan fingerprint density at radius 1 is 0.902 bits per heavy atom. The third-order valence-corrected chi connectivity index (χ3v) is 9.35. The second kappa shape index (κ2) is 12.2. The number of pyridine rings is 2. The molecule has 0 amide bonds. The summed E-state index contributed by atoms with van der Waals surface area (Å²) >= 11 is 0. The minimum Gasteiger partial charge on any atom is -0.488 e. The molecule has 8 aromatic rings. The number of nitrogens with two attached hydrogens (primary N) is 1. The number of aldehydes is 1. The molecule has 5 heterocycles. The van der Waals surface area contributed by atoms with Crippen molar-refractivity contribution in [1.82, 2.24) is 38.9 Å². The molecule has 0 bridgehead atoms. The number of aryl methyl sites for hydroxylation is 1. The second-order valence-electron chi connectivity index (χ2n) is 12.4. The van der Waals surface area contributed by atoms with Gasteiger partial charge in [0.25, 0.3) is 5.56 Å². The summed E-state index contributed by atoms with van der Waals surface area (Å²) in [5.74, 6) is 2.01. The molecule has 0 unspecified atom stereocenters. The van der Waals surface area contributed by atoms with Gasteiger partial charge in [0.1, 0.15) is 23.7 Å². The number of nitrogen functional groups attached to an aromatic ring is 1. The molecule has 1 aliphatic rings. The summed E-state index contributed by atoms with van der Waals surface area (Å²) in [7, 11) is 0. The average Bonchev–Trinajstić information content (AvgIpc) is 3.93. The number of anilines is 1. The number of aromatic nitrogens is 8. The van der Waals surface area contributed by atoms with E-state index in [1.165, 1.54) is 0 Å². The first-order valence-electron chi connectivity index (χ1n) is 16.5. The van der Waals surface area contributed by atoms with E-state index in [2.05, 4.69) is 27.2 Å². The standard InChI is InChI=1S/C39H29N9O3/c40-36-29(8-4-15-41-36)37-44-31-12-14-35(47-17-5-16-43-47)45-38(31)48(37)27-10-11-28-25(18-27)9-13-33(28)46-23-42-32-20-34(26(21-49)19-30(32)39(46)50)51-22-24-6-2-1-3-7-24/h1-8,10-12,14-21,23,33H,9,13,22H2,(H2,40,41)/t33-/m0/s1. The fraction of sp³-hybridized carbons (Fsp3) is 0.103. The summed E-state index contributed by atoms with van der Waals surface area (Å²) in [5, 5.41) is 4.72. The molecule has 12 nitrogen and oxygen atoms in total. The molecule has 5 aromatic heterocycles. The van der Waals surface area contributed by atoms with Crippen molar-refractivity contribution in [1.29, 1.82) is 0 Å². The van der Waals surface area contributed by atoms with Gasteiger partial charge >= 0.3 is 0 Å². The number of benzene rings is 3. The van der Waals surface area contributed by atoms with Crippen molar-refractivity contribution in [3.8, 4) is 28.6 Å². The molecule has 3 aromatic carbocycles. The molecule has 0 spiro atoms. The van der Waals surface area contributed by atoms with Gasteiger partial charge in [-0.15, -0.1) is 0 Å². The third kappa shape index (κ3) is 5.21. The summed E-state index contributed by atoms with van der Waals surface area (Å²) in [6, 6.07) is 28.2. The van der Waals surface area contributed by atoms with E-state index in [1.54, 1.807) is 40.1 Å². The molecule has 1 aliphatic carbocycles. The van der Waals surface area contributed by atoms with E-state index in [9.17, 15) is 9.59 Å². The first-order chi connectivity index (χ1) is 25.1. The van der Waals surface area contributed by atoms with Gasteiger partial charge in [0.2, 0.25) is 0 Å². The van der Waals surface area contributed by atoms with E-state index in [1.807, 2.05) is 77.5 Å². The predicted octanol–water partition coefficient (Wildman–Crippen LogP) is 5.89. The topological polar surface area (TPSA) is 149 Å². The van der Waals surface area contributed by atoms with Crippen molar-refractivity contribution in [2.45, 2.75) is 25.5 Å². The minimum absolute atomic E-state index is 0.218. The fourth-order valence-electron chi connectivity index (χ4n) is 6.87. The summed E-state index contributed by atoms with van der Waals surface area (Å²) in [6.45, 7) is 0.290. The highest BCUT2D eigenvalue weighted by Gasteiger charge is 2.27. The Balaban J connectivity index is 1.10. The molecule has 0 radical (unpaired) electrons. The van der Waals surface area contributed by atoms with Crippen molar-refractivity contribution in [3.05, 3.63) is 149 Å². The van der Waals surface area contributed by atoms with Crippen LogP contribution in [0.15, 0.2) is 121 Å². The van der Waals surface area contributed by atoms with Gasteiger partial charge in [0.15, 0.2) is 23.6 Å². The maximum atomic E-state index is 14.0. The zero-order chi connectivity index (χ0) is 34.5. The van der Waals surface area contributed by atoms with Crippen molar-refractivity contribution in [3.63, 3.8) is 0 Å². The Morgan fingerprint density at radius 2 is 1.80 bits per heavy atom. The van der Waals surface area contributed by atoms with Gasteiger partial charge in [-0.05, 0) is 78.1 Å². The molecular formula is C39H29N9O3. The first kappa shape index (κ1) is 30.1. The summed E-state index contributed by atoms with van der Waals surface area (Å²) in [6.07, 6.45) is 8.95. The quantitative estimate of drug-likeness (QED) is 0.195. The third-order valence-electron chi connectivity index (χ3n) is 9.35. The smallest absolute Gasteiger partial charge is 0.261 e. The number of carbonyl (C=O) groups excluding carboxylic acids is 1. The van der Waals surface area contributed by atoms with Crippen LogP contribution in [0, 0.1) is 0 Å². The van der Waals surface area contributed by atoms with Crippen LogP contribution in [-0.2, 0) is 13.0 Å². The lowest BCUT2D eigenvalue weighted by Crippen LogP contribution is -2.25. The second-order valence-corrected chi connectivity index (χ2v) is 12.4. The van der Waals surface area contributed by atoms with Gasteiger partial charge in [-0.1, -0.05) is 36.4 Å². The molecular weight excluding hydrogens is 642 g/mol. The number of rotatable bonds is 8. The van der Waals surface area contributed by atoms with E-state index < -0.39 is 0 Å². The molecule has 0 saturated heterocycles. The lowest BCUT2D eigenvalue weighted by Gasteiger charge is -2.17. The SMILES string of the molecule is Nc1ncccc1-c1nc2ccc(-n3cccn3)nc2n1-c1ccc2c(c1)CC[C@@H]2n1cnc2cc(OCc3ccccc3)c(C=O)cc2c1=O. The van der Waals surface area contributed by atoms with Crippen LogP contribution in [0.1, 0.15) is 39.5 Å². The minimum atomic E-state index is -0.232. The first-order valence-corrected chi connectivity index (χ1v) is 16.5. The van der Waals surface area contributed by atoms with Crippen LogP contribution in [0.25, 0.3) is 45.0 Å². The van der Waals surface area contributed by atoms with Crippen LogP contribution in [0.2, 0.25) is 0 Å². The highest BCUT2D eigenvalue weighted by Crippen LogP contribution is 2.37. The molecule has 12 heteroatoms. The zero-order valence-corrected chi connectivity index (χ0v) is 27.1. The largest absolute Gasteiger partial charge is 0.488 e. The molecule has 0 fully saturated rings. The Hall–Kier alpha value is -6.95. The summed E-state index contributed by atoms with van der Waals surface area (Å²) in [4.78, 5) is 44.9. The van der Waals surface area contributed by atoms with Gasteiger partial charge in [0, 0.05) is 30.3 Å². The molecule has 0 saturated carbocycles. The maximum absolute atomic E-state index is 14.0. The lowest BCUT2D eigenvalue weighted by atomic mass is 10.1. The highest BCUT2D eigenvalue weighted by molar-refractivity contribution is 5.90.